The van der Waals surface area contributed by atoms with Gasteiger partial charge in [-0.2, -0.15) is 0 Å². The Hall–Kier alpha value is -2.13. The second kappa shape index (κ2) is 4.96. The van der Waals surface area contributed by atoms with Gasteiger partial charge in [-0.25, -0.2) is 18.2 Å². The summed E-state index contributed by atoms with van der Waals surface area (Å²) in [5.74, 6) is -0.538. The molecule has 2 aromatic heterocycles. The molecule has 3 rings (SSSR count). The van der Waals surface area contributed by atoms with Crippen molar-refractivity contribution in [2.45, 2.75) is 18.7 Å². The highest BCUT2D eigenvalue weighted by Gasteiger charge is 2.19. The van der Waals surface area contributed by atoms with Gasteiger partial charge in [-0.15, -0.1) is 11.3 Å². The molecule has 1 aromatic carbocycles. The molecule has 0 radical (unpaired) electrons. The molecule has 9 heteroatoms. The third-order valence-electron chi connectivity index (χ3n) is 3.32. The molecular formula is C13H13N3O4S2. The molecule has 0 bridgehead atoms. The highest BCUT2D eigenvalue weighted by molar-refractivity contribution is 7.93. The van der Waals surface area contributed by atoms with Crippen molar-refractivity contribution in [2.24, 2.45) is 7.05 Å². The zero-order chi connectivity index (χ0) is 16.1. The van der Waals surface area contributed by atoms with Crippen molar-refractivity contribution in [1.29, 1.82) is 0 Å². The largest absolute Gasteiger partial charge is 0.419 e. The SMILES string of the molecule is Cc1nc(NS(=O)(=O)c2ccc3oc(=O)n(C)c3c2)sc1C. The average Bonchev–Trinajstić information content (AvgIpc) is 2.89. The molecule has 0 aliphatic carbocycles. The lowest BCUT2D eigenvalue weighted by Gasteiger charge is -2.05. The van der Waals surface area contributed by atoms with Gasteiger partial charge in [-0.1, -0.05) is 0 Å². The van der Waals surface area contributed by atoms with Gasteiger partial charge in [0, 0.05) is 11.9 Å². The van der Waals surface area contributed by atoms with Gasteiger partial charge in [-0.3, -0.25) is 9.29 Å². The predicted octanol–water partition coefficient (Wildman–Crippen LogP) is 2.01. The number of hydrogen-bond donors (Lipinski definition) is 1. The Morgan fingerprint density at radius 2 is 2.05 bits per heavy atom. The minimum absolute atomic E-state index is 0.0434. The topological polar surface area (TPSA) is 94.2 Å². The number of rotatable bonds is 3. The molecule has 1 N–H and O–H groups in total. The molecule has 22 heavy (non-hydrogen) atoms. The summed E-state index contributed by atoms with van der Waals surface area (Å²) < 4.78 is 33.5. The van der Waals surface area contributed by atoms with Gasteiger partial charge in [0.1, 0.15) is 0 Å². The van der Waals surface area contributed by atoms with Crippen LogP contribution in [0.5, 0.6) is 0 Å². The van der Waals surface area contributed by atoms with Crippen LogP contribution in [0.25, 0.3) is 11.1 Å². The number of benzene rings is 1. The maximum absolute atomic E-state index is 12.4. The van der Waals surface area contributed by atoms with E-state index in [1.807, 2.05) is 13.8 Å². The number of aromatic nitrogens is 2. The smallest absolute Gasteiger partial charge is 0.408 e. The fourth-order valence-electron chi connectivity index (χ4n) is 1.96. The van der Waals surface area contributed by atoms with Crippen LogP contribution in [0.1, 0.15) is 10.6 Å². The number of sulfonamides is 1. The first-order valence-electron chi connectivity index (χ1n) is 6.34. The van der Waals surface area contributed by atoms with E-state index < -0.39 is 15.8 Å². The molecule has 0 aliphatic heterocycles. The lowest BCUT2D eigenvalue weighted by molar-refractivity contribution is 0.528. The van der Waals surface area contributed by atoms with Gasteiger partial charge in [0.2, 0.25) is 0 Å². The third kappa shape index (κ3) is 2.42. The molecule has 2 heterocycles. The molecular weight excluding hydrogens is 326 g/mol. The summed E-state index contributed by atoms with van der Waals surface area (Å²) in [7, 11) is -2.26. The molecule has 0 amide bonds. The lowest BCUT2D eigenvalue weighted by Crippen LogP contribution is -2.13. The second-order valence-corrected chi connectivity index (χ2v) is 7.71. The van der Waals surface area contributed by atoms with E-state index in [0.29, 0.717) is 16.2 Å². The maximum atomic E-state index is 12.4. The van der Waals surface area contributed by atoms with Gasteiger partial charge >= 0.3 is 5.76 Å². The first-order chi connectivity index (χ1) is 10.3. The number of thiazole rings is 1. The van der Waals surface area contributed by atoms with Crippen LogP contribution in [-0.2, 0) is 17.1 Å². The van der Waals surface area contributed by atoms with E-state index in [4.69, 9.17) is 4.42 Å². The summed E-state index contributed by atoms with van der Waals surface area (Å²) in [6.45, 7) is 3.69. The minimum atomic E-state index is -3.77. The van der Waals surface area contributed by atoms with Gasteiger partial charge in [0.15, 0.2) is 10.7 Å². The molecule has 3 aromatic rings. The van der Waals surface area contributed by atoms with Crippen molar-refractivity contribution in [3.8, 4) is 0 Å². The predicted molar refractivity (Wildman–Crippen MR) is 83.9 cm³/mol. The van der Waals surface area contributed by atoms with E-state index in [1.165, 1.54) is 41.2 Å². The van der Waals surface area contributed by atoms with Crippen LogP contribution in [0, 0.1) is 13.8 Å². The number of fused-ring (bicyclic) bond motifs is 1. The van der Waals surface area contributed by atoms with E-state index in [-0.39, 0.29) is 4.90 Å². The standard InChI is InChI=1S/C13H13N3O4S2/c1-7-8(2)21-12(14-7)15-22(18,19)9-4-5-11-10(6-9)16(3)13(17)20-11/h4-6H,1-3H3,(H,14,15). The molecule has 0 spiro atoms. The lowest BCUT2D eigenvalue weighted by atomic mass is 10.3. The van der Waals surface area contributed by atoms with Gasteiger partial charge < -0.3 is 4.42 Å². The number of aryl methyl sites for hydroxylation is 3. The first-order valence-corrected chi connectivity index (χ1v) is 8.64. The number of anilines is 1. The van der Waals surface area contributed by atoms with Crippen LogP contribution in [0.4, 0.5) is 5.13 Å². The molecule has 0 saturated carbocycles. The van der Waals surface area contributed by atoms with Crippen molar-refractivity contribution < 1.29 is 12.8 Å². The molecule has 0 fully saturated rings. The Bertz CT molecular complexity index is 1010. The Labute approximate surface area is 130 Å². The molecule has 116 valence electrons. The summed E-state index contributed by atoms with van der Waals surface area (Å²) in [4.78, 5) is 16.6. The summed E-state index contributed by atoms with van der Waals surface area (Å²) in [5, 5.41) is 0.316. The third-order valence-corrected chi connectivity index (χ3v) is 5.78. The Morgan fingerprint density at radius 1 is 1.32 bits per heavy atom. The average molecular weight is 339 g/mol. The molecule has 0 saturated heterocycles. The highest BCUT2D eigenvalue weighted by Crippen LogP contribution is 2.25. The van der Waals surface area contributed by atoms with E-state index >= 15 is 0 Å². The van der Waals surface area contributed by atoms with E-state index in [0.717, 1.165) is 10.6 Å². The van der Waals surface area contributed by atoms with Crippen LogP contribution in [0.2, 0.25) is 0 Å². The Kier molecular flexibility index (Phi) is 3.33. The van der Waals surface area contributed by atoms with Crippen molar-refractivity contribution >= 4 is 37.6 Å². The minimum Gasteiger partial charge on any atom is -0.408 e. The molecule has 7 nitrogen and oxygen atoms in total. The Balaban J connectivity index is 2.04. The number of nitrogens with zero attached hydrogens (tertiary/aromatic N) is 2. The van der Waals surface area contributed by atoms with Crippen LogP contribution in [0.15, 0.2) is 32.3 Å². The van der Waals surface area contributed by atoms with Crippen molar-refractivity contribution in [1.82, 2.24) is 9.55 Å². The fourth-order valence-corrected chi connectivity index (χ4v) is 4.03. The number of hydrogen-bond acceptors (Lipinski definition) is 6. The van der Waals surface area contributed by atoms with Crippen LogP contribution in [0.3, 0.4) is 0 Å². The van der Waals surface area contributed by atoms with E-state index in [9.17, 15) is 13.2 Å². The van der Waals surface area contributed by atoms with E-state index in [1.54, 1.807) is 0 Å². The summed E-state index contributed by atoms with van der Waals surface area (Å²) in [6, 6.07) is 4.25. The summed E-state index contributed by atoms with van der Waals surface area (Å²) in [6.07, 6.45) is 0. The molecule has 0 atom stereocenters. The first kappa shape index (κ1) is 14.8. The van der Waals surface area contributed by atoms with Crippen molar-refractivity contribution in [3.05, 3.63) is 39.3 Å². The van der Waals surface area contributed by atoms with Gasteiger partial charge in [-0.05, 0) is 32.0 Å². The monoisotopic (exact) mass is 339 g/mol. The number of nitrogens with one attached hydrogen (secondary N) is 1. The van der Waals surface area contributed by atoms with Gasteiger partial charge in [0.25, 0.3) is 10.0 Å². The van der Waals surface area contributed by atoms with Crippen LogP contribution < -0.4 is 10.5 Å². The number of oxazole rings is 1. The quantitative estimate of drug-likeness (QED) is 0.787. The summed E-state index contributed by atoms with van der Waals surface area (Å²) >= 11 is 1.27. The zero-order valence-corrected chi connectivity index (χ0v) is 13.7. The van der Waals surface area contributed by atoms with Gasteiger partial charge in [0.05, 0.1) is 16.1 Å². The summed E-state index contributed by atoms with van der Waals surface area (Å²) in [5.41, 5.74) is 1.54. The van der Waals surface area contributed by atoms with E-state index in [2.05, 4.69) is 9.71 Å². The fraction of sp³-hybridized carbons (Fsp3) is 0.231. The van der Waals surface area contributed by atoms with Crippen molar-refractivity contribution in [3.63, 3.8) is 0 Å². The second-order valence-electron chi connectivity index (χ2n) is 4.82. The molecule has 0 unspecified atom stereocenters. The maximum Gasteiger partial charge on any atom is 0.419 e. The normalized spacial score (nSPS) is 12.0. The van der Waals surface area contributed by atoms with Crippen LogP contribution in [-0.4, -0.2) is 18.0 Å². The van der Waals surface area contributed by atoms with Crippen LogP contribution >= 0.6 is 11.3 Å². The van der Waals surface area contributed by atoms with Crippen molar-refractivity contribution in [2.75, 3.05) is 4.72 Å². The highest BCUT2D eigenvalue weighted by atomic mass is 32.2. The molecule has 0 aliphatic rings. The Morgan fingerprint density at radius 3 is 2.68 bits per heavy atom. The zero-order valence-electron chi connectivity index (χ0n) is 12.1.